The van der Waals surface area contributed by atoms with E-state index in [0.29, 0.717) is 5.88 Å². The molecule has 0 amide bonds. The molecule has 0 saturated carbocycles. The molecular weight excluding hydrogens is 204 g/mol. The van der Waals surface area contributed by atoms with E-state index in [1.54, 1.807) is 7.11 Å². The predicted octanol–water partition coefficient (Wildman–Crippen LogP) is 0.839. The number of nitrogens with zero attached hydrogens (tertiary/aromatic N) is 3. The quantitative estimate of drug-likeness (QED) is 0.726. The molecule has 0 unspecified atom stereocenters. The smallest absolute Gasteiger partial charge is 0.218 e. The second-order valence-corrected chi connectivity index (χ2v) is 3.59. The number of nitrogens with one attached hydrogen (secondary N) is 1. The lowest BCUT2D eigenvalue weighted by molar-refractivity contribution is 0.395. The number of methoxy groups -OCH3 is 1. The molecule has 0 aromatic carbocycles. The van der Waals surface area contributed by atoms with Crippen LogP contribution < -0.4 is 15.0 Å². The first-order valence-electron chi connectivity index (χ1n) is 5.49. The van der Waals surface area contributed by atoms with Gasteiger partial charge in [0.25, 0.3) is 0 Å². The van der Waals surface area contributed by atoms with E-state index in [1.807, 2.05) is 20.0 Å². The highest BCUT2D eigenvalue weighted by atomic mass is 16.5. The third kappa shape index (κ3) is 3.66. The topological polar surface area (TPSA) is 50.3 Å². The fourth-order valence-corrected chi connectivity index (χ4v) is 1.36. The molecular formula is C11H20N4O. The first-order chi connectivity index (χ1) is 7.67. The minimum Gasteiger partial charge on any atom is -0.481 e. The summed E-state index contributed by atoms with van der Waals surface area (Å²) in [5, 5.41) is 3.28. The SMILES string of the molecule is CCNCCN(C)c1cc(OC)nc(C)n1. The van der Waals surface area contributed by atoms with Crippen molar-refractivity contribution in [1.82, 2.24) is 15.3 Å². The number of aromatic nitrogens is 2. The van der Waals surface area contributed by atoms with Crippen molar-refractivity contribution in [3.05, 3.63) is 11.9 Å². The molecule has 1 aromatic rings. The molecule has 0 radical (unpaired) electrons. The van der Waals surface area contributed by atoms with Gasteiger partial charge in [-0.1, -0.05) is 6.92 Å². The van der Waals surface area contributed by atoms with Crippen molar-refractivity contribution >= 4 is 5.82 Å². The van der Waals surface area contributed by atoms with Gasteiger partial charge in [-0.15, -0.1) is 0 Å². The largest absolute Gasteiger partial charge is 0.481 e. The molecule has 16 heavy (non-hydrogen) atoms. The van der Waals surface area contributed by atoms with Crippen LogP contribution in [0.2, 0.25) is 0 Å². The second-order valence-electron chi connectivity index (χ2n) is 3.59. The second kappa shape index (κ2) is 6.27. The van der Waals surface area contributed by atoms with Gasteiger partial charge in [0.05, 0.1) is 7.11 Å². The molecule has 1 heterocycles. The maximum Gasteiger partial charge on any atom is 0.218 e. The normalized spacial score (nSPS) is 10.2. The minimum absolute atomic E-state index is 0.609. The Balaban J connectivity index is 2.66. The van der Waals surface area contributed by atoms with Crippen molar-refractivity contribution in [2.45, 2.75) is 13.8 Å². The third-order valence-corrected chi connectivity index (χ3v) is 2.28. The third-order valence-electron chi connectivity index (χ3n) is 2.28. The number of rotatable bonds is 6. The van der Waals surface area contributed by atoms with Gasteiger partial charge in [-0.2, -0.15) is 4.98 Å². The molecule has 0 saturated heterocycles. The number of ether oxygens (including phenoxy) is 1. The van der Waals surface area contributed by atoms with Crippen LogP contribution in [0.3, 0.4) is 0 Å². The molecule has 5 heteroatoms. The molecule has 0 spiro atoms. The predicted molar refractivity (Wildman–Crippen MR) is 65.1 cm³/mol. The highest BCUT2D eigenvalue weighted by Crippen LogP contribution is 2.15. The summed E-state index contributed by atoms with van der Waals surface area (Å²) in [7, 11) is 3.63. The molecule has 0 fully saturated rings. The van der Waals surface area contributed by atoms with Crippen LogP contribution in [0.4, 0.5) is 5.82 Å². The summed E-state index contributed by atoms with van der Waals surface area (Å²) in [6.45, 7) is 6.80. The van der Waals surface area contributed by atoms with Gasteiger partial charge in [-0.05, 0) is 13.5 Å². The molecule has 1 rings (SSSR count). The Bertz CT molecular complexity index is 330. The Morgan fingerprint density at radius 1 is 1.44 bits per heavy atom. The zero-order chi connectivity index (χ0) is 12.0. The van der Waals surface area contributed by atoms with Crippen LogP contribution >= 0.6 is 0 Å². The first-order valence-corrected chi connectivity index (χ1v) is 5.49. The molecule has 90 valence electrons. The number of likely N-dealkylation sites (N-methyl/N-ethyl adjacent to an activating group) is 2. The van der Waals surface area contributed by atoms with E-state index in [-0.39, 0.29) is 0 Å². The van der Waals surface area contributed by atoms with Gasteiger partial charge in [0.2, 0.25) is 5.88 Å². The van der Waals surface area contributed by atoms with E-state index < -0.39 is 0 Å². The van der Waals surface area contributed by atoms with E-state index in [9.17, 15) is 0 Å². The molecule has 0 bridgehead atoms. The van der Waals surface area contributed by atoms with E-state index >= 15 is 0 Å². The maximum absolute atomic E-state index is 5.12. The van der Waals surface area contributed by atoms with Crippen LogP contribution in [0.25, 0.3) is 0 Å². The van der Waals surface area contributed by atoms with Crippen molar-refractivity contribution in [3.8, 4) is 5.88 Å². The molecule has 5 nitrogen and oxygen atoms in total. The fourth-order valence-electron chi connectivity index (χ4n) is 1.36. The average Bonchev–Trinajstić information content (AvgIpc) is 2.28. The van der Waals surface area contributed by atoms with Crippen LogP contribution in [0, 0.1) is 6.92 Å². The summed E-state index contributed by atoms with van der Waals surface area (Å²) < 4.78 is 5.12. The number of aryl methyl sites for hydroxylation is 1. The average molecular weight is 224 g/mol. The fraction of sp³-hybridized carbons (Fsp3) is 0.636. The standard InChI is InChI=1S/C11H20N4O/c1-5-12-6-7-15(3)10-8-11(16-4)14-9(2)13-10/h8,12H,5-7H2,1-4H3. The van der Waals surface area contributed by atoms with Gasteiger partial charge in [0.1, 0.15) is 11.6 Å². The Kier molecular flexibility index (Phi) is 4.98. The Morgan fingerprint density at radius 2 is 2.19 bits per heavy atom. The molecule has 1 N–H and O–H groups in total. The molecule has 0 aliphatic rings. The lowest BCUT2D eigenvalue weighted by Crippen LogP contribution is -2.29. The van der Waals surface area contributed by atoms with Gasteiger partial charge < -0.3 is 15.0 Å². The Hall–Kier alpha value is -1.36. The van der Waals surface area contributed by atoms with Gasteiger partial charge >= 0.3 is 0 Å². The highest BCUT2D eigenvalue weighted by Gasteiger charge is 2.06. The Labute approximate surface area is 96.8 Å². The zero-order valence-corrected chi connectivity index (χ0v) is 10.4. The highest BCUT2D eigenvalue weighted by molar-refractivity contribution is 5.40. The van der Waals surface area contributed by atoms with E-state index in [2.05, 4.69) is 27.1 Å². The molecule has 1 aromatic heterocycles. The lowest BCUT2D eigenvalue weighted by atomic mass is 10.4. The van der Waals surface area contributed by atoms with Crippen molar-refractivity contribution in [2.75, 3.05) is 38.7 Å². The van der Waals surface area contributed by atoms with Crippen LogP contribution in [-0.4, -0.2) is 43.8 Å². The summed E-state index contributed by atoms with van der Waals surface area (Å²) in [5.74, 6) is 2.23. The van der Waals surface area contributed by atoms with E-state index in [1.165, 1.54) is 0 Å². The summed E-state index contributed by atoms with van der Waals surface area (Å²) >= 11 is 0. The Morgan fingerprint density at radius 3 is 2.81 bits per heavy atom. The van der Waals surface area contributed by atoms with Crippen molar-refractivity contribution in [1.29, 1.82) is 0 Å². The maximum atomic E-state index is 5.12. The van der Waals surface area contributed by atoms with E-state index in [4.69, 9.17) is 4.74 Å². The van der Waals surface area contributed by atoms with E-state index in [0.717, 1.165) is 31.3 Å². The molecule has 0 aliphatic carbocycles. The van der Waals surface area contributed by atoms with Crippen molar-refractivity contribution < 1.29 is 4.74 Å². The van der Waals surface area contributed by atoms with Crippen LogP contribution in [0.15, 0.2) is 6.07 Å². The minimum atomic E-state index is 0.609. The van der Waals surface area contributed by atoms with Gasteiger partial charge in [-0.25, -0.2) is 4.98 Å². The summed E-state index contributed by atoms with van der Waals surface area (Å²) in [5.41, 5.74) is 0. The number of anilines is 1. The summed E-state index contributed by atoms with van der Waals surface area (Å²) in [4.78, 5) is 10.6. The lowest BCUT2D eigenvalue weighted by Gasteiger charge is -2.18. The van der Waals surface area contributed by atoms with Crippen LogP contribution in [-0.2, 0) is 0 Å². The van der Waals surface area contributed by atoms with Crippen molar-refractivity contribution in [2.24, 2.45) is 0 Å². The monoisotopic (exact) mass is 224 g/mol. The zero-order valence-electron chi connectivity index (χ0n) is 10.4. The molecule has 0 atom stereocenters. The summed E-state index contributed by atoms with van der Waals surface area (Å²) in [6, 6.07) is 1.85. The molecule has 0 aliphatic heterocycles. The number of hydrogen-bond donors (Lipinski definition) is 1. The number of hydrogen-bond acceptors (Lipinski definition) is 5. The van der Waals surface area contributed by atoms with Crippen LogP contribution in [0.1, 0.15) is 12.7 Å². The van der Waals surface area contributed by atoms with Crippen molar-refractivity contribution in [3.63, 3.8) is 0 Å². The summed E-state index contributed by atoms with van der Waals surface area (Å²) in [6.07, 6.45) is 0. The first kappa shape index (κ1) is 12.7. The van der Waals surface area contributed by atoms with Gasteiger partial charge in [-0.3, -0.25) is 0 Å². The van der Waals surface area contributed by atoms with Crippen LogP contribution in [0.5, 0.6) is 5.88 Å². The van der Waals surface area contributed by atoms with Gasteiger partial charge in [0.15, 0.2) is 0 Å². The van der Waals surface area contributed by atoms with Gasteiger partial charge in [0, 0.05) is 26.2 Å².